The van der Waals surface area contributed by atoms with Gasteiger partial charge in [0.25, 0.3) is 10.1 Å². The number of ether oxygens (including phenoxy) is 1. The van der Waals surface area contributed by atoms with E-state index in [-0.39, 0.29) is 11.4 Å². The van der Waals surface area contributed by atoms with Crippen LogP contribution in [0.15, 0.2) is 45.1 Å². The monoisotopic (exact) mass is 733 g/mol. The molecule has 50 heavy (non-hydrogen) atoms. The van der Waals surface area contributed by atoms with Crippen LogP contribution in [0.4, 0.5) is 5.69 Å². The Morgan fingerprint density at radius 3 is 2.44 bits per heavy atom. The van der Waals surface area contributed by atoms with Gasteiger partial charge in [0.15, 0.2) is 0 Å². The van der Waals surface area contributed by atoms with Gasteiger partial charge in [0.05, 0.1) is 20.5 Å². The highest BCUT2D eigenvalue weighted by molar-refractivity contribution is 7.89. The fraction of sp³-hybridized carbons (Fsp3) is 0.459. The van der Waals surface area contributed by atoms with E-state index in [4.69, 9.17) is 4.74 Å². The van der Waals surface area contributed by atoms with Gasteiger partial charge in [0.2, 0.25) is 15.4 Å². The summed E-state index contributed by atoms with van der Waals surface area (Å²) in [4.78, 5) is 5.73. The van der Waals surface area contributed by atoms with E-state index in [1.54, 1.807) is 6.07 Å². The second-order valence-electron chi connectivity index (χ2n) is 13.9. The topological polar surface area (TPSA) is 128 Å². The molecule has 0 atom stereocenters. The molecule has 2 N–H and O–H groups in total. The number of aryl methyl sites for hydroxylation is 2. The Kier molecular flexibility index (Phi) is 8.94. The van der Waals surface area contributed by atoms with Crippen molar-refractivity contribution < 1.29 is 26.1 Å². The molecule has 5 heterocycles. The number of isothiocyanates is 1. The lowest BCUT2D eigenvalue weighted by molar-refractivity contribution is 0.431. The quantitative estimate of drug-likeness (QED) is 0.0826. The average molecular weight is 734 g/mol. The lowest BCUT2D eigenvalue weighted by Crippen LogP contribution is -2.45. The fourth-order valence-corrected chi connectivity index (χ4v) is 10.7. The van der Waals surface area contributed by atoms with Crippen molar-refractivity contribution in [2.24, 2.45) is 4.99 Å². The molecule has 0 spiro atoms. The first-order valence-electron chi connectivity index (χ1n) is 17.7. The lowest BCUT2D eigenvalue weighted by Gasteiger charge is -2.39. The SMILES string of the molecule is O=S(=O)(O)c1ccc(C2=c3cc4c5c(c3Oc3c2cc2c6c3CCCN6CCC2)CCC[N+]=5CCC4)c(S(=O)(=O)NCCCCCN=C=S)c1. The Labute approximate surface area is 298 Å². The Morgan fingerprint density at radius 2 is 1.64 bits per heavy atom. The van der Waals surface area contributed by atoms with Crippen molar-refractivity contribution in [3.05, 3.63) is 74.3 Å². The van der Waals surface area contributed by atoms with Crippen molar-refractivity contribution in [1.29, 1.82) is 0 Å². The standard InChI is InChI=1S/C37H40N4O6S3/c42-49(43,39-15-3-1-2-14-38-23-48)32-22-26(50(44,45)46)12-13-27(32)33-30-20-24-8-4-16-40-18-6-10-28(34(24)40)36(30)47-37-29-11-7-19-41-17-5-9-25(35(29)41)21-31(33)37/h12-13,20-22,39H,1-11,14-19H2/p+1. The van der Waals surface area contributed by atoms with Crippen LogP contribution in [0.25, 0.3) is 5.57 Å². The minimum Gasteiger partial charge on any atom is -0.455 e. The molecule has 0 bridgehead atoms. The van der Waals surface area contributed by atoms with Crippen LogP contribution >= 0.6 is 12.2 Å². The second kappa shape index (κ2) is 13.3. The van der Waals surface area contributed by atoms with Crippen LogP contribution in [0.2, 0.25) is 0 Å². The Morgan fingerprint density at radius 1 is 0.880 bits per heavy atom. The van der Waals surface area contributed by atoms with Crippen molar-refractivity contribution in [3.63, 3.8) is 0 Å². The molecule has 0 aliphatic carbocycles. The van der Waals surface area contributed by atoms with Crippen LogP contribution in [-0.2, 0) is 45.8 Å². The summed E-state index contributed by atoms with van der Waals surface area (Å²) >= 11 is 4.63. The van der Waals surface area contributed by atoms with Crippen LogP contribution < -0.4 is 29.5 Å². The number of benzene rings is 3. The predicted octanol–water partition coefficient (Wildman–Crippen LogP) is 3.92. The molecule has 3 aromatic rings. The molecule has 0 unspecified atom stereocenters. The zero-order chi connectivity index (χ0) is 34.6. The molecule has 0 amide bonds. The number of sulfonamides is 1. The minimum atomic E-state index is -4.70. The minimum absolute atomic E-state index is 0.159. The third kappa shape index (κ3) is 5.91. The maximum Gasteiger partial charge on any atom is 0.294 e. The first kappa shape index (κ1) is 33.7. The fourth-order valence-electron chi connectivity index (χ4n) is 8.72. The summed E-state index contributed by atoms with van der Waals surface area (Å²) in [5, 5.41) is 4.43. The van der Waals surface area contributed by atoms with Gasteiger partial charge in [-0.05, 0) is 93.4 Å². The summed E-state index contributed by atoms with van der Waals surface area (Å²) in [6, 6.07) is 8.31. The van der Waals surface area contributed by atoms with E-state index in [0.29, 0.717) is 18.5 Å². The Bertz CT molecular complexity index is 2330. The molecular weight excluding hydrogens is 693 g/mol. The summed E-state index contributed by atoms with van der Waals surface area (Å²) in [6.45, 7) is 4.71. The highest BCUT2D eigenvalue weighted by Crippen LogP contribution is 2.49. The van der Waals surface area contributed by atoms with E-state index >= 15 is 0 Å². The molecule has 8 rings (SSSR count). The van der Waals surface area contributed by atoms with E-state index in [2.05, 4.69) is 48.7 Å². The van der Waals surface area contributed by atoms with Gasteiger partial charge in [-0.1, -0.05) is 12.5 Å². The molecule has 0 fully saturated rings. The molecule has 13 heteroatoms. The van der Waals surface area contributed by atoms with E-state index < -0.39 is 25.0 Å². The number of hydrogen-bond acceptors (Lipinski definition) is 8. The highest BCUT2D eigenvalue weighted by Gasteiger charge is 2.37. The molecule has 3 aromatic carbocycles. The Hall–Kier alpha value is -3.45. The number of hydrogen-bond donors (Lipinski definition) is 2. The molecule has 0 radical (unpaired) electrons. The van der Waals surface area contributed by atoms with Gasteiger partial charge < -0.3 is 9.64 Å². The van der Waals surface area contributed by atoms with Crippen molar-refractivity contribution in [2.45, 2.75) is 80.4 Å². The second-order valence-corrected chi connectivity index (χ2v) is 17.2. The summed E-state index contributed by atoms with van der Waals surface area (Å²) in [7, 11) is -8.94. The van der Waals surface area contributed by atoms with E-state index in [1.807, 2.05) is 0 Å². The summed E-state index contributed by atoms with van der Waals surface area (Å²) in [5.74, 6) is 1.55. The van der Waals surface area contributed by atoms with Crippen LogP contribution in [0.1, 0.15) is 78.3 Å². The van der Waals surface area contributed by atoms with E-state index in [9.17, 15) is 21.4 Å². The zero-order valence-electron chi connectivity index (χ0n) is 28.0. The summed E-state index contributed by atoms with van der Waals surface area (Å²) in [6.07, 6.45) is 9.68. The van der Waals surface area contributed by atoms with Gasteiger partial charge in [-0.25, -0.2) is 22.7 Å². The summed E-state index contributed by atoms with van der Waals surface area (Å²) in [5.41, 5.74) is 8.00. The molecule has 0 saturated carbocycles. The van der Waals surface area contributed by atoms with Crippen LogP contribution in [0.5, 0.6) is 11.5 Å². The summed E-state index contributed by atoms with van der Waals surface area (Å²) < 4.78 is 75.7. The maximum atomic E-state index is 14.3. The number of fused-ring (bicyclic) bond motifs is 4. The first-order chi connectivity index (χ1) is 24.2. The van der Waals surface area contributed by atoms with E-state index in [1.165, 1.54) is 39.4 Å². The van der Waals surface area contributed by atoms with Gasteiger partial charge in [0.1, 0.15) is 24.6 Å². The molecule has 0 saturated heterocycles. The van der Waals surface area contributed by atoms with Gasteiger partial charge in [-0.15, -0.1) is 0 Å². The number of nitrogens with zero attached hydrogens (tertiary/aromatic N) is 3. The van der Waals surface area contributed by atoms with Gasteiger partial charge in [-0.3, -0.25) is 4.55 Å². The molecule has 262 valence electrons. The first-order valence-corrected chi connectivity index (χ1v) is 21.1. The molecule has 5 aliphatic rings. The largest absolute Gasteiger partial charge is 0.455 e. The smallest absolute Gasteiger partial charge is 0.294 e. The third-order valence-corrected chi connectivity index (χ3v) is 13.3. The number of anilines is 1. The Balaban J connectivity index is 1.38. The number of aliphatic imine (C=N–C) groups is 1. The van der Waals surface area contributed by atoms with Crippen molar-refractivity contribution in [3.8, 4) is 11.5 Å². The van der Waals surface area contributed by atoms with Gasteiger partial charge in [0, 0.05) is 77.8 Å². The van der Waals surface area contributed by atoms with Crippen LogP contribution in [0, 0.1) is 0 Å². The van der Waals surface area contributed by atoms with Crippen molar-refractivity contribution in [1.82, 2.24) is 9.30 Å². The third-order valence-electron chi connectivity index (χ3n) is 10.8. The van der Waals surface area contributed by atoms with Crippen LogP contribution in [0.3, 0.4) is 0 Å². The van der Waals surface area contributed by atoms with Gasteiger partial charge >= 0.3 is 0 Å². The molecule has 10 nitrogen and oxygen atoms in total. The van der Waals surface area contributed by atoms with E-state index in [0.717, 1.165) is 124 Å². The highest BCUT2D eigenvalue weighted by atomic mass is 32.2. The van der Waals surface area contributed by atoms with Crippen molar-refractivity contribution in [2.75, 3.05) is 44.2 Å². The average Bonchev–Trinajstić information content (AvgIpc) is 3.10. The number of nitrogens with one attached hydrogen (secondary N) is 1. The van der Waals surface area contributed by atoms with Crippen molar-refractivity contribution >= 4 is 48.8 Å². The predicted molar refractivity (Wildman–Crippen MR) is 195 cm³/mol. The maximum absolute atomic E-state index is 14.3. The van der Waals surface area contributed by atoms with Crippen LogP contribution in [-0.4, -0.2) is 65.8 Å². The molecular formula is C37H41N4O6S3+. The zero-order valence-corrected chi connectivity index (χ0v) is 30.4. The number of unbranched alkanes of at least 4 members (excludes halogenated alkanes) is 2. The molecule has 5 aliphatic heterocycles. The lowest BCUT2D eigenvalue weighted by atomic mass is 9.82. The molecule has 0 aromatic heterocycles. The normalized spacial score (nSPS) is 17.6. The number of rotatable bonds is 10. The van der Waals surface area contributed by atoms with Gasteiger partial charge in [-0.2, -0.15) is 8.42 Å². The number of thiocarbonyl (C=S) groups is 1.